The Morgan fingerprint density at radius 3 is 2.74 bits per heavy atom. The third-order valence-electron chi connectivity index (χ3n) is 2.90. The first kappa shape index (κ1) is 15.6. The number of halogens is 1. The minimum Gasteiger partial charge on any atom is -0.468 e. The Morgan fingerprint density at radius 1 is 1.42 bits per heavy atom. The van der Waals surface area contributed by atoms with E-state index in [9.17, 15) is 9.18 Å². The Morgan fingerprint density at radius 2 is 2.16 bits per heavy atom. The zero-order valence-corrected chi connectivity index (χ0v) is 11.5. The number of benzene rings is 1. The van der Waals surface area contributed by atoms with Gasteiger partial charge in [0.25, 0.3) is 0 Å². The fourth-order valence-corrected chi connectivity index (χ4v) is 1.96. The molecule has 0 saturated heterocycles. The van der Waals surface area contributed by atoms with Crippen LogP contribution in [0.2, 0.25) is 0 Å². The molecular formula is C14H21FN2O2. The summed E-state index contributed by atoms with van der Waals surface area (Å²) >= 11 is 0. The molecule has 0 aliphatic heterocycles. The molecule has 0 saturated carbocycles. The normalized spacial score (nSPS) is 10.8. The number of nitrogens with zero attached hydrogens (tertiary/aromatic N) is 1. The number of ether oxygens (including phenoxy) is 1. The molecule has 0 aliphatic carbocycles. The average Bonchev–Trinajstić information content (AvgIpc) is 2.39. The van der Waals surface area contributed by atoms with Crippen LogP contribution in [0.15, 0.2) is 18.2 Å². The topological polar surface area (TPSA) is 55.6 Å². The van der Waals surface area contributed by atoms with Crippen LogP contribution in [-0.4, -0.2) is 31.1 Å². The van der Waals surface area contributed by atoms with E-state index in [1.807, 2.05) is 11.8 Å². The van der Waals surface area contributed by atoms with E-state index in [0.29, 0.717) is 13.1 Å². The largest absolute Gasteiger partial charge is 0.468 e. The molecule has 0 unspecified atom stereocenters. The number of carbonyl (C=O) groups is 1. The highest BCUT2D eigenvalue weighted by Gasteiger charge is 2.13. The number of carbonyl (C=O) groups excluding carboxylic acids is 1. The minimum absolute atomic E-state index is 0.199. The second-order valence-electron chi connectivity index (χ2n) is 4.40. The van der Waals surface area contributed by atoms with Gasteiger partial charge in [0.15, 0.2) is 0 Å². The van der Waals surface area contributed by atoms with Gasteiger partial charge in [0.2, 0.25) is 0 Å². The zero-order valence-electron chi connectivity index (χ0n) is 11.5. The van der Waals surface area contributed by atoms with Crippen LogP contribution in [0.25, 0.3) is 0 Å². The van der Waals surface area contributed by atoms with Gasteiger partial charge in [-0.3, -0.25) is 9.69 Å². The van der Waals surface area contributed by atoms with Gasteiger partial charge in [-0.1, -0.05) is 13.0 Å². The summed E-state index contributed by atoms with van der Waals surface area (Å²) in [5.74, 6) is -0.583. The lowest BCUT2D eigenvalue weighted by Gasteiger charge is -2.21. The molecule has 1 rings (SSSR count). The van der Waals surface area contributed by atoms with Crippen molar-refractivity contribution in [2.75, 3.05) is 20.2 Å². The van der Waals surface area contributed by atoms with Crippen LogP contribution in [-0.2, 0) is 22.6 Å². The van der Waals surface area contributed by atoms with Gasteiger partial charge in [0.05, 0.1) is 13.7 Å². The Bertz CT molecular complexity index is 424. The van der Waals surface area contributed by atoms with Crippen molar-refractivity contribution in [1.29, 1.82) is 0 Å². The van der Waals surface area contributed by atoms with Gasteiger partial charge < -0.3 is 10.5 Å². The molecule has 2 N–H and O–H groups in total. The molecule has 1 aromatic carbocycles. The summed E-state index contributed by atoms with van der Waals surface area (Å²) in [7, 11) is 1.36. The fraction of sp³-hybridized carbons (Fsp3) is 0.500. The van der Waals surface area contributed by atoms with Crippen LogP contribution in [0.4, 0.5) is 4.39 Å². The highest BCUT2D eigenvalue weighted by molar-refractivity contribution is 5.71. The second kappa shape index (κ2) is 7.86. The SMILES string of the molecule is CCCN(CC(=O)OC)Cc1cc(F)ccc1CN. The molecule has 0 aliphatic rings. The van der Waals surface area contributed by atoms with Gasteiger partial charge in [-0.25, -0.2) is 4.39 Å². The van der Waals surface area contributed by atoms with E-state index in [2.05, 4.69) is 4.74 Å². The summed E-state index contributed by atoms with van der Waals surface area (Å²) < 4.78 is 18.0. The van der Waals surface area contributed by atoms with Gasteiger partial charge >= 0.3 is 5.97 Å². The van der Waals surface area contributed by atoms with Crippen molar-refractivity contribution in [2.24, 2.45) is 5.73 Å². The third kappa shape index (κ3) is 4.96. The van der Waals surface area contributed by atoms with Crippen molar-refractivity contribution < 1.29 is 13.9 Å². The van der Waals surface area contributed by atoms with Gasteiger partial charge in [-0.15, -0.1) is 0 Å². The molecule has 0 radical (unpaired) electrons. The summed E-state index contributed by atoms with van der Waals surface area (Å²) in [5.41, 5.74) is 7.36. The van der Waals surface area contributed by atoms with Gasteiger partial charge in [0, 0.05) is 13.1 Å². The van der Waals surface area contributed by atoms with Crippen LogP contribution in [0, 0.1) is 5.82 Å². The summed E-state index contributed by atoms with van der Waals surface area (Å²) in [6.07, 6.45) is 0.907. The summed E-state index contributed by atoms with van der Waals surface area (Å²) in [4.78, 5) is 13.3. The lowest BCUT2D eigenvalue weighted by atomic mass is 10.1. The van der Waals surface area contributed by atoms with Crippen molar-refractivity contribution in [2.45, 2.75) is 26.4 Å². The zero-order chi connectivity index (χ0) is 14.3. The first-order chi connectivity index (χ1) is 9.10. The Hall–Kier alpha value is -1.46. The molecule has 19 heavy (non-hydrogen) atoms. The van der Waals surface area contributed by atoms with Crippen LogP contribution in [0.3, 0.4) is 0 Å². The predicted molar refractivity (Wildman–Crippen MR) is 71.9 cm³/mol. The molecule has 0 atom stereocenters. The van der Waals surface area contributed by atoms with Gasteiger partial charge in [-0.2, -0.15) is 0 Å². The molecule has 0 fully saturated rings. The van der Waals surface area contributed by atoms with Crippen LogP contribution >= 0.6 is 0 Å². The molecule has 1 aromatic rings. The van der Waals surface area contributed by atoms with Gasteiger partial charge in [-0.05, 0) is 36.2 Å². The van der Waals surface area contributed by atoms with E-state index in [-0.39, 0.29) is 18.3 Å². The lowest BCUT2D eigenvalue weighted by Crippen LogP contribution is -2.31. The smallest absolute Gasteiger partial charge is 0.319 e. The van der Waals surface area contributed by atoms with E-state index in [0.717, 1.165) is 24.1 Å². The minimum atomic E-state index is -0.292. The predicted octanol–water partition coefficient (Wildman–Crippen LogP) is 1.67. The first-order valence-electron chi connectivity index (χ1n) is 6.37. The van der Waals surface area contributed by atoms with E-state index in [4.69, 9.17) is 5.73 Å². The van der Waals surface area contributed by atoms with Crippen molar-refractivity contribution in [3.05, 3.63) is 35.1 Å². The Kier molecular flexibility index (Phi) is 6.45. The quantitative estimate of drug-likeness (QED) is 0.764. The lowest BCUT2D eigenvalue weighted by molar-refractivity contribution is -0.142. The Labute approximate surface area is 113 Å². The van der Waals surface area contributed by atoms with E-state index < -0.39 is 0 Å². The van der Waals surface area contributed by atoms with Gasteiger partial charge in [0.1, 0.15) is 5.82 Å². The monoisotopic (exact) mass is 268 g/mol. The second-order valence-corrected chi connectivity index (χ2v) is 4.40. The summed E-state index contributed by atoms with van der Waals surface area (Å²) in [6, 6.07) is 4.56. The molecule has 0 aromatic heterocycles. The number of nitrogens with two attached hydrogens (primary N) is 1. The molecule has 4 nitrogen and oxygen atoms in total. The molecular weight excluding hydrogens is 247 g/mol. The van der Waals surface area contributed by atoms with Crippen LogP contribution in [0.1, 0.15) is 24.5 Å². The highest BCUT2D eigenvalue weighted by atomic mass is 19.1. The maximum atomic E-state index is 13.3. The average molecular weight is 268 g/mol. The molecule has 0 spiro atoms. The third-order valence-corrected chi connectivity index (χ3v) is 2.90. The molecule has 5 heteroatoms. The maximum Gasteiger partial charge on any atom is 0.319 e. The molecule has 0 heterocycles. The maximum absolute atomic E-state index is 13.3. The fourth-order valence-electron chi connectivity index (χ4n) is 1.96. The summed E-state index contributed by atoms with van der Waals surface area (Å²) in [6.45, 7) is 3.82. The number of hydrogen-bond acceptors (Lipinski definition) is 4. The number of rotatable bonds is 7. The van der Waals surface area contributed by atoms with E-state index in [1.165, 1.54) is 19.2 Å². The first-order valence-corrected chi connectivity index (χ1v) is 6.37. The van der Waals surface area contributed by atoms with E-state index >= 15 is 0 Å². The number of methoxy groups -OCH3 is 1. The molecule has 0 bridgehead atoms. The Balaban J connectivity index is 2.82. The van der Waals surface area contributed by atoms with Crippen molar-refractivity contribution in [3.8, 4) is 0 Å². The van der Waals surface area contributed by atoms with Crippen molar-refractivity contribution >= 4 is 5.97 Å². The summed E-state index contributed by atoms with van der Waals surface area (Å²) in [5, 5.41) is 0. The standard InChI is InChI=1S/C14H21FN2O2/c1-3-6-17(10-14(18)19-2)9-12-7-13(15)5-4-11(12)8-16/h4-5,7H,3,6,8-10,16H2,1-2H3. The highest BCUT2D eigenvalue weighted by Crippen LogP contribution is 2.14. The van der Waals surface area contributed by atoms with Crippen molar-refractivity contribution in [1.82, 2.24) is 4.90 Å². The van der Waals surface area contributed by atoms with Crippen LogP contribution in [0.5, 0.6) is 0 Å². The van der Waals surface area contributed by atoms with Crippen molar-refractivity contribution in [3.63, 3.8) is 0 Å². The molecule has 106 valence electrons. The van der Waals surface area contributed by atoms with Crippen LogP contribution < -0.4 is 5.73 Å². The van der Waals surface area contributed by atoms with E-state index in [1.54, 1.807) is 6.07 Å². The number of esters is 1. The molecule has 0 amide bonds. The number of hydrogen-bond donors (Lipinski definition) is 1.